The largest absolute Gasteiger partial charge is 0.494 e. The number of rotatable bonds is 7. The monoisotopic (exact) mass is 501 g/mol. The van der Waals surface area contributed by atoms with Crippen molar-refractivity contribution in [3.63, 3.8) is 0 Å². The van der Waals surface area contributed by atoms with E-state index in [2.05, 4.69) is 10.3 Å². The molecule has 0 radical (unpaired) electrons. The van der Waals surface area contributed by atoms with Crippen molar-refractivity contribution in [1.82, 2.24) is 15.0 Å². The van der Waals surface area contributed by atoms with Gasteiger partial charge in [0, 0.05) is 44.5 Å². The molecule has 0 bridgehead atoms. The third-order valence-electron chi connectivity index (χ3n) is 6.65. The Balaban J connectivity index is 1.64. The number of halogens is 2. The summed E-state index contributed by atoms with van der Waals surface area (Å²) in [5, 5.41) is 3.93. The molecule has 2 atom stereocenters. The Hall–Kier alpha value is -3.31. The van der Waals surface area contributed by atoms with Gasteiger partial charge in [-0.2, -0.15) is 0 Å². The number of fused-ring (bicyclic) bond motifs is 1. The first-order valence-electron chi connectivity index (χ1n) is 11.9. The highest BCUT2D eigenvalue weighted by Gasteiger charge is 2.29. The van der Waals surface area contributed by atoms with Crippen LogP contribution in [0.4, 0.5) is 20.5 Å². The molecule has 0 spiro atoms. The van der Waals surface area contributed by atoms with Crippen LogP contribution in [-0.4, -0.2) is 74.7 Å². The van der Waals surface area contributed by atoms with Crippen molar-refractivity contribution in [3.05, 3.63) is 30.0 Å². The van der Waals surface area contributed by atoms with E-state index in [0.29, 0.717) is 42.4 Å². The molecule has 2 aliphatic heterocycles. The van der Waals surface area contributed by atoms with Crippen LogP contribution in [0.15, 0.2) is 18.3 Å². The zero-order chi connectivity index (χ0) is 25.2. The highest BCUT2D eigenvalue weighted by Crippen LogP contribution is 2.39. The van der Waals surface area contributed by atoms with Gasteiger partial charge in [0.2, 0.25) is 5.95 Å². The van der Waals surface area contributed by atoms with E-state index in [1.165, 1.54) is 20.3 Å². The molecule has 1 unspecified atom stereocenters. The molecule has 11 heteroatoms. The standard InChI is InChI=1S/C25H29F2N5O4/c1-33-16-6-7-32(12-16)24-23-14(11-28-25(31-23)29-15-5-4-8-36-13-15)9-17(30-24)20-21(26)18(34-2)10-19(35-3)22(20)27/h9-11,15-16H,4-8,12-13H2,1-3H3,(H,28,29,31)/t15-,16?/m0/s1. The van der Waals surface area contributed by atoms with Gasteiger partial charge in [-0.3, -0.25) is 0 Å². The van der Waals surface area contributed by atoms with Crippen molar-refractivity contribution in [2.24, 2.45) is 0 Å². The van der Waals surface area contributed by atoms with Crippen LogP contribution in [0.1, 0.15) is 19.3 Å². The Morgan fingerprint density at radius 1 is 1.06 bits per heavy atom. The number of benzene rings is 1. The summed E-state index contributed by atoms with van der Waals surface area (Å²) in [6.07, 6.45) is 4.39. The number of methoxy groups -OCH3 is 3. The van der Waals surface area contributed by atoms with E-state index in [1.54, 1.807) is 19.4 Å². The van der Waals surface area contributed by atoms with Crippen LogP contribution in [0.2, 0.25) is 0 Å². The van der Waals surface area contributed by atoms with Crippen LogP contribution in [0.3, 0.4) is 0 Å². The second-order valence-corrected chi connectivity index (χ2v) is 8.90. The molecule has 0 saturated carbocycles. The number of anilines is 2. The summed E-state index contributed by atoms with van der Waals surface area (Å²) >= 11 is 0. The maximum Gasteiger partial charge on any atom is 0.223 e. The molecule has 36 heavy (non-hydrogen) atoms. The third kappa shape index (κ3) is 4.60. The average Bonchev–Trinajstić information content (AvgIpc) is 3.38. The topological polar surface area (TPSA) is 90.9 Å². The molecular weight excluding hydrogens is 472 g/mol. The zero-order valence-electron chi connectivity index (χ0n) is 20.5. The van der Waals surface area contributed by atoms with Crippen molar-refractivity contribution in [3.8, 4) is 22.8 Å². The first kappa shape index (κ1) is 24.4. The molecule has 2 fully saturated rings. The van der Waals surface area contributed by atoms with E-state index in [-0.39, 0.29) is 34.9 Å². The Morgan fingerprint density at radius 2 is 1.83 bits per heavy atom. The summed E-state index contributed by atoms with van der Waals surface area (Å²) in [4.78, 5) is 16.0. The Bertz CT molecular complexity index is 1230. The second kappa shape index (κ2) is 10.4. The molecule has 2 aliphatic rings. The fourth-order valence-corrected chi connectivity index (χ4v) is 4.70. The van der Waals surface area contributed by atoms with E-state index in [0.717, 1.165) is 25.9 Å². The first-order valence-corrected chi connectivity index (χ1v) is 11.9. The van der Waals surface area contributed by atoms with Crippen LogP contribution in [0, 0.1) is 11.6 Å². The predicted molar refractivity (Wildman–Crippen MR) is 131 cm³/mol. The van der Waals surface area contributed by atoms with E-state index >= 15 is 8.78 Å². The minimum atomic E-state index is -0.860. The molecule has 1 aromatic carbocycles. The molecule has 3 aromatic rings. The van der Waals surface area contributed by atoms with Crippen molar-refractivity contribution in [2.45, 2.75) is 31.4 Å². The molecule has 5 rings (SSSR count). The summed E-state index contributed by atoms with van der Waals surface area (Å²) in [5.41, 5.74) is 0.342. The number of aromatic nitrogens is 3. The van der Waals surface area contributed by atoms with E-state index in [1.807, 2.05) is 4.90 Å². The second-order valence-electron chi connectivity index (χ2n) is 8.90. The lowest BCUT2D eigenvalue weighted by Gasteiger charge is -2.24. The van der Waals surface area contributed by atoms with E-state index < -0.39 is 11.6 Å². The number of nitrogens with one attached hydrogen (secondary N) is 1. The minimum Gasteiger partial charge on any atom is -0.494 e. The van der Waals surface area contributed by atoms with Crippen molar-refractivity contribution < 1.29 is 27.7 Å². The average molecular weight is 502 g/mol. The maximum absolute atomic E-state index is 15.3. The van der Waals surface area contributed by atoms with E-state index in [4.69, 9.17) is 28.9 Å². The van der Waals surface area contributed by atoms with Gasteiger partial charge in [0.25, 0.3) is 0 Å². The predicted octanol–water partition coefficient (Wildman–Crippen LogP) is 3.80. The SMILES string of the molecule is COc1cc(OC)c(F)c(-c2cc3cnc(N[C@H]4CCCOC4)nc3c(N3CCC(OC)C3)n2)c1F. The van der Waals surface area contributed by atoms with Gasteiger partial charge in [0.15, 0.2) is 29.0 Å². The molecule has 192 valence electrons. The van der Waals surface area contributed by atoms with E-state index in [9.17, 15) is 0 Å². The van der Waals surface area contributed by atoms with Crippen LogP contribution in [-0.2, 0) is 9.47 Å². The van der Waals surface area contributed by atoms with Crippen molar-refractivity contribution in [2.75, 3.05) is 57.8 Å². The summed E-state index contributed by atoms with van der Waals surface area (Å²) in [5.74, 6) is -1.04. The number of ether oxygens (including phenoxy) is 4. The maximum atomic E-state index is 15.3. The molecule has 0 aliphatic carbocycles. The number of pyridine rings is 1. The number of hydrogen-bond acceptors (Lipinski definition) is 9. The Morgan fingerprint density at radius 3 is 2.47 bits per heavy atom. The van der Waals surface area contributed by atoms with Crippen LogP contribution in [0.25, 0.3) is 22.2 Å². The molecule has 2 aromatic heterocycles. The van der Waals surface area contributed by atoms with Crippen LogP contribution in [0.5, 0.6) is 11.5 Å². The summed E-state index contributed by atoms with van der Waals surface area (Å²) in [6, 6.07) is 2.87. The van der Waals surface area contributed by atoms with Gasteiger partial charge in [0.05, 0.1) is 44.2 Å². The Labute approximate surface area is 207 Å². The molecule has 2 saturated heterocycles. The summed E-state index contributed by atoms with van der Waals surface area (Å²) in [6.45, 7) is 2.59. The van der Waals surface area contributed by atoms with Gasteiger partial charge in [-0.15, -0.1) is 0 Å². The molecule has 0 amide bonds. The minimum absolute atomic E-state index is 0.0229. The van der Waals surface area contributed by atoms with Crippen molar-refractivity contribution >= 4 is 22.7 Å². The van der Waals surface area contributed by atoms with Gasteiger partial charge in [-0.25, -0.2) is 23.7 Å². The molecular formula is C25H29F2N5O4. The lowest BCUT2D eigenvalue weighted by Crippen LogP contribution is -2.30. The van der Waals surface area contributed by atoms with Crippen LogP contribution < -0.4 is 19.7 Å². The smallest absolute Gasteiger partial charge is 0.223 e. The van der Waals surface area contributed by atoms with Gasteiger partial charge in [0.1, 0.15) is 5.52 Å². The fraction of sp³-hybridized carbons (Fsp3) is 0.480. The normalized spacial score (nSPS) is 20.1. The summed E-state index contributed by atoms with van der Waals surface area (Å²) in [7, 11) is 4.29. The van der Waals surface area contributed by atoms with Gasteiger partial charge >= 0.3 is 0 Å². The Kier molecular flexibility index (Phi) is 7.01. The highest BCUT2D eigenvalue weighted by atomic mass is 19.1. The van der Waals surface area contributed by atoms with Gasteiger partial charge < -0.3 is 29.2 Å². The number of nitrogens with zero attached hydrogens (tertiary/aromatic N) is 4. The molecule has 1 N–H and O–H groups in total. The van der Waals surface area contributed by atoms with Gasteiger partial charge in [-0.1, -0.05) is 0 Å². The summed E-state index contributed by atoms with van der Waals surface area (Å²) < 4.78 is 52.0. The molecule has 4 heterocycles. The lowest BCUT2D eigenvalue weighted by molar-refractivity contribution is 0.0874. The zero-order valence-corrected chi connectivity index (χ0v) is 20.5. The number of hydrogen-bond donors (Lipinski definition) is 1. The quantitative estimate of drug-likeness (QED) is 0.519. The molecule has 9 nitrogen and oxygen atoms in total. The lowest BCUT2D eigenvalue weighted by atomic mass is 10.1. The van der Waals surface area contributed by atoms with Crippen LogP contribution >= 0.6 is 0 Å². The highest BCUT2D eigenvalue weighted by molar-refractivity contribution is 5.92. The third-order valence-corrected chi connectivity index (χ3v) is 6.65. The fourth-order valence-electron chi connectivity index (χ4n) is 4.70. The van der Waals surface area contributed by atoms with Crippen molar-refractivity contribution in [1.29, 1.82) is 0 Å². The van der Waals surface area contributed by atoms with Gasteiger partial charge in [-0.05, 0) is 25.3 Å². The first-order chi connectivity index (χ1) is 17.5.